The Morgan fingerprint density at radius 1 is 1.32 bits per heavy atom. The third-order valence-electron chi connectivity index (χ3n) is 3.26. The minimum Gasteiger partial charge on any atom is -0.385 e. The molecule has 1 fully saturated rings. The lowest BCUT2D eigenvalue weighted by Gasteiger charge is -2.10. The van der Waals surface area contributed by atoms with Crippen molar-refractivity contribution in [2.24, 2.45) is 0 Å². The van der Waals surface area contributed by atoms with Crippen molar-refractivity contribution in [3.63, 3.8) is 0 Å². The number of carbonyl (C=O) groups is 1. The fourth-order valence-corrected chi connectivity index (χ4v) is 2.31. The molecule has 1 aliphatic heterocycles. The minimum atomic E-state index is -0.0442. The summed E-state index contributed by atoms with van der Waals surface area (Å²) in [6.45, 7) is 3.40. The van der Waals surface area contributed by atoms with Crippen LogP contribution in [0.15, 0.2) is 24.3 Å². The van der Waals surface area contributed by atoms with Gasteiger partial charge >= 0.3 is 0 Å². The number of rotatable bonds is 6. The summed E-state index contributed by atoms with van der Waals surface area (Å²) in [5, 5.41) is 6.13. The first-order valence-electron chi connectivity index (χ1n) is 6.97. The predicted molar refractivity (Wildman–Crippen MR) is 77.4 cm³/mol. The second-order valence-electron chi connectivity index (χ2n) is 4.96. The average Bonchev–Trinajstić information content (AvgIpc) is 2.89. The first-order chi connectivity index (χ1) is 9.24. The van der Waals surface area contributed by atoms with E-state index in [2.05, 4.69) is 10.6 Å². The molecule has 2 N–H and O–H groups in total. The number of nitrogens with one attached hydrogen (secondary N) is 2. The van der Waals surface area contributed by atoms with Crippen LogP contribution in [0.1, 0.15) is 32.6 Å². The first kappa shape index (κ1) is 13.9. The molecule has 1 heterocycles. The van der Waals surface area contributed by atoms with E-state index in [1.54, 1.807) is 0 Å². The second kappa shape index (κ2) is 7.14. The van der Waals surface area contributed by atoms with E-state index in [1.807, 2.05) is 24.3 Å². The molecule has 1 aliphatic rings. The van der Waals surface area contributed by atoms with Crippen molar-refractivity contribution in [3.05, 3.63) is 24.3 Å². The van der Waals surface area contributed by atoms with Gasteiger partial charge in [-0.3, -0.25) is 4.79 Å². The van der Waals surface area contributed by atoms with E-state index < -0.39 is 0 Å². The number of amides is 1. The molecule has 0 spiro atoms. The van der Waals surface area contributed by atoms with E-state index in [1.165, 1.54) is 19.8 Å². The van der Waals surface area contributed by atoms with Gasteiger partial charge in [-0.15, -0.1) is 0 Å². The van der Waals surface area contributed by atoms with Crippen LogP contribution in [0.25, 0.3) is 0 Å². The molecule has 104 valence electrons. The number of ether oxygens (including phenoxy) is 1. The van der Waals surface area contributed by atoms with E-state index in [-0.39, 0.29) is 5.91 Å². The molecular formula is C15H22N2O2. The molecule has 19 heavy (non-hydrogen) atoms. The Kier molecular flexibility index (Phi) is 5.21. The van der Waals surface area contributed by atoms with E-state index in [0.29, 0.717) is 6.10 Å². The zero-order chi connectivity index (χ0) is 13.5. The highest BCUT2D eigenvalue weighted by Gasteiger charge is 2.14. The molecule has 2 rings (SSSR count). The standard InChI is InChI=1S/C15H22N2O2/c1-12(18)17-14-8-6-13(7-9-14)16-10-2-4-15-5-3-11-19-15/h6-9,15-16H,2-5,10-11H2,1H3,(H,17,18). The molecular weight excluding hydrogens is 240 g/mol. The van der Waals surface area contributed by atoms with Crippen LogP contribution in [0.4, 0.5) is 11.4 Å². The molecule has 1 atom stereocenters. The van der Waals surface area contributed by atoms with Gasteiger partial charge in [0.25, 0.3) is 0 Å². The van der Waals surface area contributed by atoms with E-state index in [0.717, 1.165) is 37.4 Å². The Balaban J connectivity index is 1.66. The fourth-order valence-electron chi connectivity index (χ4n) is 2.31. The lowest BCUT2D eigenvalue weighted by atomic mass is 10.1. The number of hydrogen-bond acceptors (Lipinski definition) is 3. The molecule has 0 bridgehead atoms. The van der Waals surface area contributed by atoms with Crippen LogP contribution >= 0.6 is 0 Å². The van der Waals surface area contributed by atoms with Gasteiger partial charge in [-0.2, -0.15) is 0 Å². The first-order valence-corrected chi connectivity index (χ1v) is 6.97. The van der Waals surface area contributed by atoms with Gasteiger partial charge in [-0.1, -0.05) is 0 Å². The number of anilines is 2. The largest absolute Gasteiger partial charge is 0.385 e. The van der Waals surface area contributed by atoms with E-state index in [4.69, 9.17) is 4.74 Å². The number of carbonyl (C=O) groups excluding carboxylic acids is 1. The van der Waals surface area contributed by atoms with Crippen LogP contribution in [0.2, 0.25) is 0 Å². The van der Waals surface area contributed by atoms with Crippen LogP contribution in [0, 0.1) is 0 Å². The zero-order valence-electron chi connectivity index (χ0n) is 11.4. The van der Waals surface area contributed by atoms with Crippen molar-refractivity contribution in [3.8, 4) is 0 Å². The number of hydrogen-bond donors (Lipinski definition) is 2. The lowest BCUT2D eigenvalue weighted by molar-refractivity contribution is -0.114. The Morgan fingerprint density at radius 2 is 2.05 bits per heavy atom. The predicted octanol–water partition coefficient (Wildman–Crippen LogP) is 3.02. The smallest absolute Gasteiger partial charge is 0.221 e. The lowest BCUT2D eigenvalue weighted by Crippen LogP contribution is -2.09. The molecule has 4 nitrogen and oxygen atoms in total. The van der Waals surface area contributed by atoms with Gasteiger partial charge in [0.1, 0.15) is 0 Å². The quantitative estimate of drug-likeness (QED) is 0.775. The van der Waals surface area contributed by atoms with E-state index >= 15 is 0 Å². The van der Waals surface area contributed by atoms with Crippen molar-refractivity contribution in [1.82, 2.24) is 0 Å². The van der Waals surface area contributed by atoms with Gasteiger partial charge < -0.3 is 15.4 Å². The molecule has 1 saturated heterocycles. The van der Waals surface area contributed by atoms with Gasteiger partial charge in [-0.25, -0.2) is 0 Å². The highest BCUT2D eigenvalue weighted by atomic mass is 16.5. The van der Waals surface area contributed by atoms with Crippen LogP contribution in [-0.4, -0.2) is 25.2 Å². The Bertz CT molecular complexity index is 397. The topological polar surface area (TPSA) is 50.4 Å². The van der Waals surface area contributed by atoms with Crippen LogP contribution in [-0.2, 0) is 9.53 Å². The molecule has 0 aromatic heterocycles. The van der Waals surface area contributed by atoms with Crippen LogP contribution < -0.4 is 10.6 Å². The van der Waals surface area contributed by atoms with Crippen LogP contribution in [0.3, 0.4) is 0 Å². The van der Waals surface area contributed by atoms with Gasteiger partial charge in [0, 0.05) is 31.5 Å². The Labute approximate surface area is 114 Å². The van der Waals surface area contributed by atoms with E-state index in [9.17, 15) is 4.79 Å². The summed E-state index contributed by atoms with van der Waals surface area (Å²) in [6, 6.07) is 7.78. The summed E-state index contributed by atoms with van der Waals surface area (Å²) in [6.07, 6.45) is 5.16. The maximum absolute atomic E-state index is 10.9. The molecule has 1 aromatic rings. The molecule has 0 saturated carbocycles. The molecule has 1 unspecified atom stereocenters. The summed E-state index contributed by atoms with van der Waals surface area (Å²) in [5.74, 6) is -0.0442. The minimum absolute atomic E-state index is 0.0442. The maximum atomic E-state index is 10.9. The highest BCUT2D eigenvalue weighted by Crippen LogP contribution is 2.17. The molecule has 0 aliphatic carbocycles. The third-order valence-corrected chi connectivity index (χ3v) is 3.26. The molecule has 4 heteroatoms. The molecule has 1 aromatic carbocycles. The summed E-state index contributed by atoms with van der Waals surface area (Å²) in [4.78, 5) is 10.9. The van der Waals surface area contributed by atoms with Crippen molar-refractivity contribution in [2.75, 3.05) is 23.8 Å². The van der Waals surface area contributed by atoms with Gasteiger partial charge in [-0.05, 0) is 49.9 Å². The van der Waals surface area contributed by atoms with Gasteiger partial charge in [0.2, 0.25) is 5.91 Å². The van der Waals surface area contributed by atoms with Crippen molar-refractivity contribution in [2.45, 2.75) is 38.7 Å². The summed E-state index contributed by atoms with van der Waals surface area (Å²) >= 11 is 0. The Morgan fingerprint density at radius 3 is 2.68 bits per heavy atom. The molecule has 1 amide bonds. The normalized spacial score (nSPS) is 18.3. The maximum Gasteiger partial charge on any atom is 0.221 e. The SMILES string of the molecule is CC(=O)Nc1ccc(NCCCC2CCCO2)cc1. The van der Waals surface area contributed by atoms with Gasteiger partial charge in [0.05, 0.1) is 6.10 Å². The van der Waals surface area contributed by atoms with Gasteiger partial charge in [0.15, 0.2) is 0 Å². The fraction of sp³-hybridized carbons (Fsp3) is 0.533. The summed E-state index contributed by atoms with van der Waals surface area (Å²) in [7, 11) is 0. The zero-order valence-corrected chi connectivity index (χ0v) is 11.4. The highest BCUT2D eigenvalue weighted by molar-refractivity contribution is 5.88. The Hall–Kier alpha value is -1.55. The number of benzene rings is 1. The van der Waals surface area contributed by atoms with Crippen LogP contribution in [0.5, 0.6) is 0 Å². The third kappa shape index (κ3) is 4.91. The monoisotopic (exact) mass is 262 g/mol. The van der Waals surface area contributed by atoms with Crippen molar-refractivity contribution < 1.29 is 9.53 Å². The summed E-state index contributed by atoms with van der Waals surface area (Å²) < 4.78 is 5.59. The molecule has 0 radical (unpaired) electrons. The van der Waals surface area contributed by atoms with Crippen molar-refractivity contribution >= 4 is 17.3 Å². The average molecular weight is 262 g/mol. The summed E-state index contributed by atoms with van der Waals surface area (Å²) in [5.41, 5.74) is 1.92. The van der Waals surface area contributed by atoms with Crippen molar-refractivity contribution in [1.29, 1.82) is 0 Å². The second-order valence-corrected chi connectivity index (χ2v) is 4.96.